The fraction of sp³-hybridized carbons (Fsp3) is 0.517. The Balaban J connectivity index is 1.18. The summed E-state index contributed by atoms with van der Waals surface area (Å²) in [5, 5.41) is 7.61. The van der Waals surface area contributed by atoms with E-state index in [0.717, 1.165) is 31.8 Å². The Morgan fingerprint density at radius 1 is 1.16 bits per heavy atom. The summed E-state index contributed by atoms with van der Waals surface area (Å²) in [5.41, 5.74) is -1.77. The van der Waals surface area contributed by atoms with Crippen LogP contribution in [0.15, 0.2) is 53.8 Å². The van der Waals surface area contributed by atoms with E-state index in [-0.39, 0.29) is 75.3 Å². The minimum absolute atomic E-state index is 0.0147. The second-order valence-electron chi connectivity index (χ2n) is 12.0. The molecule has 1 aliphatic heterocycles. The van der Waals surface area contributed by atoms with Crippen molar-refractivity contribution in [3.63, 3.8) is 0 Å². The lowest BCUT2D eigenvalue weighted by Gasteiger charge is -2.24. The highest BCUT2D eigenvalue weighted by Crippen LogP contribution is 2.59. The van der Waals surface area contributed by atoms with Crippen molar-refractivity contribution in [3.8, 4) is 17.6 Å². The number of alkyl halides is 3. The van der Waals surface area contributed by atoms with Gasteiger partial charge in [-0.1, -0.05) is 6.92 Å². The first-order chi connectivity index (χ1) is 21.1. The van der Waals surface area contributed by atoms with Crippen molar-refractivity contribution in [1.29, 1.82) is 0 Å². The van der Waals surface area contributed by atoms with Crippen molar-refractivity contribution in [3.05, 3.63) is 54.5 Å². The number of sulfonamides is 1. The topological polar surface area (TPSA) is 129 Å². The summed E-state index contributed by atoms with van der Waals surface area (Å²) >= 11 is 6.02. The lowest BCUT2D eigenvalue weighted by molar-refractivity contribution is -0.190. The van der Waals surface area contributed by atoms with Gasteiger partial charge in [0.25, 0.3) is 15.9 Å². The number of hydrogen-bond acceptors (Lipinski definition) is 9. The number of pyridine rings is 2. The quantitative estimate of drug-likeness (QED) is 0.255. The van der Waals surface area contributed by atoms with Crippen molar-refractivity contribution < 1.29 is 35.9 Å². The first kappa shape index (κ1) is 32.9. The Morgan fingerprint density at radius 2 is 1.91 bits per heavy atom. The maximum absolute atomic E-state index is 13.1. The number of nitrogens with one attached hydrogen (secondary N) is 1. The van der Waals surface area contributed by atoms with Crippen LogP contribution < -0.4 is 14.8 Å². The molecule has 45 heavy (non-hydrogen) atoms. The van der Waals surface area contributed by atoms with E-state index in [2.05, 4.69) is 34.2 Å². The standard InChI is InChI=1S/C29H34ClF3N6O5S/c1-4-22(20-15-27(2,3)36-17-20)44-24-8-6-21(18-35-24)45(41,42)39(30)26(40)19-5-7-23(34-16-19)38-13-9-25(37-38)43-14-12-28(10-11-28)29(31,32)33/h5-9,13,16,18,20,22,36H,4,10-12,14-15,17H2,1-3H3. The highest BCUT2D eigenvalue weighted by atomic mass is 35.5. The SMILES string of the molecule is CCC(Oc1ccc(S(=O)(=O)N(Cl)C(=O)c2ccc(-n3ccc(OCCC4(C(F)(F)F)CC4)n3)nc2)cn1)C1CNC(C)(C)C1. The third-order valence-corrected chi connectivity index (χ3v) is 10.4. The normalized spacial score (nSPS) is 19.6. The van der Waals surface area contributed by atoms with Crippen LogP contribution in [0.25, 0.3) is 5.82 Å². The van der Waals surface area contributed by atoms with Crippen LogP contribution in [0.2, 0.25) is 0 Å². The van der Waals surface area contributed by atoms with Crippen LogP contribution in [-0.4, -0.2) is 68.9 Å². The van der Waals surface area contributed by atoms with E-state index in [1.165, 1.54) is 41.2 Å². The predicted octanol–water partition coefficient (Wildman–Crippen LogP) is 5.30. The number of halogens is 4. The van der Waals surface area contributed by atoms with Crippen LogP contribution in [0, 0.1) is 11.3 Å². The van der Waals surface area contributed by atoms with Crippen LogP contribution in [-0.2, 0) is 10.0 Å². The maximum Gasteiger partial charge on any atom is 0.394 e. The predicted molar refractivity (Wildman–Crippen MR) is 158 cm³/mol. The van der Waals surface area contributed by atoms with Gasteiger partial charge in [0, 0.05) is 54.3 Å². The molecule has 244 valence electrons. The van der Waals surface area contributed by atoms with Gasteiger partial charge in [-0.15, -0.1) is 8.92 Å². The first-order valence-corrected chi connectivity index (χ1v) is 16.3. The molecule has 0 spiro atoms. The molecular formula is C29H34ClF3N6O5S. The molecule has 3 aromatic heterocycles. The van der Waals surface area contributed by atoms with Gasteiger partial charge in [0.05, 0.1) is 23.8 Å². The summed E-state index contributed by atoms with van der Waals surface area (Å²) in [4.78, 5) is 20.9. The molecule has 1 saturated carbocycles. The molecule has 3 aromatic rings. The van der Waals surface area contributed by atoms with Gasteiger partial charge in [-0.2, -0.15) is 21.6 Å². The Kier molecular flexibility index (Phi) is 9.08. The van der Waals surface area contributed by atoms with E-state index in [1.54, 1.807) is 0 Å². The Morgan fingerprint density at radius 3 is 2.47 bits per heavy atom. The fourth-order valence-corrected chi connectivity index (χ4v) is 6.64. The van der Waals surface area contributed by atoms with E-state index >= 15 is 0 Å². The summed E-state index contributed by atoms with van der Waals surface area (Å²) in [6.45, 7) is 6.95. The summed E-state index contributed by atoms with van der Waals surface area (Å²) in [7, 11) is -4.46. The molecule has 16 heteroatoms. The molecule has 4 heterocycles. The first-order valence-electron chi connectivity index (χ1n) is 14.5. The van der Waals surface area contributed by atoms with E-state index in [4.69, 9.17) is 21.3 Å². The number of carbonyl (C=O) groups excluding carboxylic acids is 1. The largest absolute Gasteiger partial charge is 0.477 e. The number of aromatic nitrogens is 4. The Labute approximate surface area is 264 Å². The second-order valence-corrected chi connectivity index (χ2v) is 14.4. The molecule has 1 amide bonds. The summed E-state index contributed by atoms with van der Waals surface area (Å²) in [6, 6.07) is 6.90. The lowest BCUT2D eigenvalue weighted by Crippen LogP contribution is -2.31. The van der Waals surface area contributed by atoms with Crippen LogP contribution in [0.4, 0.5) is 13.2 Å². The maximum atomic E-state index is 13.1. The van der Waals surface area contributed by atoms with E-state index in [1.807, 2.05) is 6.92 Å². The van der Waals surface area contributed by atoms with Crippen molar-refractivity contribution in [2.45, 2.75) is 75.6 Å². The number of amides is 1. The summed E-state index contributed by atoms with van der Waals surface area (Å²) in [6.07, 6.45) is 1.08. The molecule has 2 atom stereocenters. The lowest BCUT2D eigenvalue weighted by atomic mass is 9.92. The molecule has 2 unspecified atom stereocenters. The van der Waals surface area contributed by atoms with Gasteiger partial charge >= 0.3 is 6.18 Å². The highest BCUT2D eigenvalue weighted by Gasteiger charge is 2.62. The summed E-state index contributed by atoms with van der Waals surface area (Å²) in [5.74, 6) is -0.134. The van der Waals surface area contributed by atoms with E-state index in [9.17, 15) is 26.4 Å². The highest BCUT2D eigenvalue weighted by molar-refractivity contribution is 7.90. The number of carbonyl (C=O) groups is 1. The van der Waals surface area contributed by atoms with Gasteiger partial charge in [-0.05, 0) is 64.2 Å². The number of rotatable bonds is 12. The summed E-state index contributed by atoms with van der Waals surface area (Å²) < 4.78 is 78.3. The molecular weight excluding hydrogens is 637 g/mol. The van der Waals surface area contributed by atoms with Gasteiger partial charge in [0.2, 0.25) is 11.8 Å². The molecule has 0 aromatic carbocycles. The van der Waals surface area contributed by atoms with Gasteiger partial charge < -0.3 is 14.8 Å². The zero-order valence-electron chi connectivity index (χ0n) is 24.9. The zero-order valence-corrected chi connectivity index (χ0v) is 26.5. The molecule has 1 saturated heterocycles. The monoisotopic (exact) mass is 670 g/mol. The Bertz CT molecular complexity index is 1610. The molecule has 1 N–H and O–H groups in total. The van der Waals surface area contributed by atoms with E-state index in [0.29, 0.717) is 0 Å². The Hall–Kier alpha value is -3.43. The van der Waals surface area contributed by atoms with Gasteiger partial charge in [-0.25, -0.2) is 14.6 Å². The van der Waals surface area contributed by atoms with Crippen LogP contribution in [0.5, 0.6) is 11.8 Å². The number of nitrogens with zero attached hydrogens (tertiary/aromatic N) is 5. The minimum Gasteiger partial charge on any atom is -0.477 e. The average molecular weight is 671 g/mol. The van der Waals surface area contributed by atoms with Crippen LogP contribution >= 0.6 is 11.8 Å². The molecule has 0 radical (unpaired) electrons. The minimum atomic E-state index is -4.46. The van der Waals surface area contributed by atoms with Gasteiger partial charge in [0.1, 0.15) is 11.0 Å². The zero-order chi connectivity index (χ0) is 32.6. The smallest absolute Gasteiger partial charge is 0.394 e. The fourth-order valence-electron chi connectivity index (χ4n) is 5.37. The molecule has 2 fully saturated rings. The number of ether oxygens (including phenoxy) is 2. The molecule has 0 bridgehead atoms. The van der Waals surface area contributed by atoms with Crippen molar-refractivity contribution in [2.24, 2.45) is 11.3 Å². The third-order valence-electron chi connectivity index (χ3n) is 8.27. The molecule has 2 aliphatic rings. The van der Waals surface area contributed by atoms with E-state index < -0.39 is 27.5 Å². The third kappa shape index (κ3) is 7.20. The van der Waals surface area contributed by atoms with Crippen LogP contribution in [0.1, 0.15) is 63.2 Å². The molecule has 5 rings (SSSR count). The van der Waals surface area contributed by atoms with Crippen molar-refractivity contribution >= 4 is 27.7 Å². The van der Waals surface area contributed by atoms with Crippen molar-refractivity contribution in [1.82, 2.24) is 28.9 Å². The molecule has 1 aliphatic carbocycles. The molecule has 11 nitrogen and oxygen atoms in total. The number of hydrogen-bond donors (Lipinski definition) is 1. The second kappa shape index (κ2) is 12.4. The van der Waals surface area contributed by atoms with Crippen molar-refractivity contribution in [2.75, 3.05) is 13.2 Å². The van der Waals surface area contributed by atoms with Gasteiger partial charge in [0.15, 0.2) is 5.82 Å². The van der Waals surface area contributed by atoms with Crippen LogP contribution in [0.3, 0.4) is 0 Å². The van der Waals surface area contributed by atoms with Gasteiger partial charge in [-0.3, -0.25) is 4.79 Å². The average Bonchev–Trinajstić information content (AvgIpc) is 3.52.